The van der Waals surface area contributed by atoms with Crippen LogP contribution < -0.4 is 5.32 Å². The maximum absolute atomic E-state index is 13.5. The second-order valence-electron chi connectivity index (χ2n) is 6.77. The molecule has 146 valence electrons. The molecule has 5 aromatic rings. The second-order valence-corrected chi connectivity index (χ2v) is 8.21. The van der Waals surface area contributed by atoms with E-state index in [9.17, 15) is 4.79 Å². The van der Waals surface area contributed by atoms with Gasteiger partial charge in [0, 0.05) is 38.9 Å². The quantitative estimate of drug-likeness (QED) is 0.298. The van der Waals surface area contributed by atoms with Gasteiger partial charge in [-0.15, -0.1) is 0 Å². The number of anilines is 2. The number of hydrogen-bond donors (Lipinski definition) is 2. The Bertz CT molecular complexity index is 1340. The molecule has 2 aromatic heterocycles. The van der Waals surface area contributed by atoms with Gasteiger partial charge in [-0.3, -0.25) is 4.79 Å². The summed E-state index contributed by atoms with van der Waals surface area (Å²) in [5.74, 6) is -0.0482. The molecule has 0 fully saturated rings. The molecule has 0 atom stereocenters. The minimum atomic E-state index is -0.0482. The van der Waals surface area contributed by atoms with Crippen molar-refractivity contribution >= 4 is 50.4 Å². The summed E-state index contributed by atoms with van der Waals surface area (Å²) >= 11 is 7.33. The highest BCUT2D eigenvalue weighted by Gasteiger charge is 2.23. The first-order chi connectivity index (χ1) is 14.7. The van der Waals surface area contributed by atoms with E-state index in [2.05, 4.69) is 10.3 Å². The van der Waals surface area contributed by atoms with E-state index < -0.39 is 0 Å². The second kappa shape index (κ2) is 7.78. The maximum Gasteiger partial charge on any atom is 0.207 e. The van der Waals surface area contributed by atoms with Crippen molar-refractivity contribution in [2.45, 2.75) is 0 Å². The number of rotatable bonds is 5. The first kappa shape index (κ1) is 18.6. The van der Waals surface area contributed by atoms with Crippen LogP contribution in [0.2, 0.25) is 5.02 Å². The van der Waals surface area contributed by atoms with Crippen molar-refractivity contribution in [1.82, 2.24) is 9.97 Å². The lowest BCUT2D eigenvalue weighted by Gasteiger charge is -2.02. The van der Waals surface area contributed by atoms with E-state index in [0.717, 1.165) is 22.2 Å². The van der Waals surface area contributed by atoms with Crippen molar-refractivity contribution in [2.24, 2.45) is 0 Å². The molecule has 0 radical (unpaired) electrons. The number of aromatic nitrogens is 2. The first-order valence-electron chi connectivity index (χ1n) is 9.39. The van der Waals surface area contributed by atoms with Crippen molar-refractivity contribution in [3.8, 4) is 11.3 Å². The van der Waals surface area contributed by atoms with Crippen LogP contribution in [0.25, 0.3) is 22.2 Å². The van der Waals surface area contributed by atoms with E-state index in [4.69, 9.17) is 16.6 Å². The number of thiazole rings is 1. The van der Waals surface area contributed by atoms with Gasteiger partial charge in [0.25, 0.3) is 0 Å². The van der Waals surface area contributed by atoms with E-state index in [1.54, 1.807) is 6.20 Å². The van der Waals surface area contributed by atoms with Gasteiger partial charge in [-0.2, -0.15) is 0 Å². The normalized spacial score (nSPS) is 11.0. The molecule has 5 rings (SSSR count). The van der Waals surface area contributed by atoms with Crippen LogP contribution in [0.3, 0.4) is 0 Å². The maximum atomic E-state index is 13.5. The van der Waals surface area contributed by atoms with Crippen molar-refractivity contribution in [3.05, 3.63) is 101 Å². The zero-order chi connectivity index (χ0) is 20.5. The van der Waals surface area contributed by atoms with Crippen molar-refractivity contribution in [3.63, 3.8) is 0 Å². The molecule has 0 unspecified atom stereocenters. The lowest BCUT2D eigenvalue weighted by atomic mass is 10.0. The molecule has 0 aliphatic carbocycles. The van der Waals surface area contributed by atoms with E-state index >= 15 is 0 Å². The van der Waals surface area contributed by atoms with Gasteiger partial charge in [0.15, 0.2) is 5.13 Å². The van der Waals surface area contributed by atoms with Crippen LogP contribution >= 0.6 is 22.9 Å². The number of ketones is 1. The van der Waals surface area contributed by atoms with E-state index in [1.807, 2.05) is 78.9 Å². The number of hydrogen-bond acceptors (Lipinski definition) is 4. The highest BCUT2D eigenvalue weighted by Crippen LogP contribution is 2.35. The molecular weight excluding hydrogens is 414 g/mol. The van der Waals surface area contributed by atoms with Crippen molar-refractivity contribution < 1.29 is 4.79 Å². The van der Waals surface area contributed by atoms with Crippen molar-refractivity contribution in [1.29, 1.82) is 0 Å². The number of para-hydroxylation sites is 1. The monoisotopic (exact) mass is 429 g/mol. The average molecular weight is 430 g/mol. The number of aromatic amines is 1. The van der Waals surface area contributed by atoms with Gasteiger partial charge in [0.1, 0.15) is 4.88 Å². The fraction of sp³-hybridized carbons (Fsp3) is 0. The zero-order valence-electron chi connectivity index (χ0n) is 15.7. The van der Waals surface area contributed by atoms with Gasteiger partial charge >= 0.3 is 0 Å². The smallest absolute Gasteiger partial charge is 0.207 e. The fourth-order valence-electron chi connectivity index (χ4n) is 3.36. The molecule has 0 amide bonds. The van der Waals surface area contributed by atoms with E-state index in [-0.39, 0.29) is 5.78 Å². The molecule has 2 N–H and O–H groups in total. The highest BCUT2D eigenvalue weighted by molar-refractivity contribution is 7.18. The van der Waals surface area contributed by atoms with Crippen LogP contribution in [0.1, 0.15) is 15.2 Å². The van der Waals surface area contributed by atoms with Crippen LogP contribution in [0.5, 0.6) is 0 Å². The molecule has 2 heterocycles. The van der Waals surface area contributed by atoms with Gasteiger partial charge < -0.3 is 10.3 Å². The fourth-order valence-corrected chi connectivity index (χ4v) is 4.45. The summed E-state index contributed by atoms with van der Waals surface area (Å²) in [6.07, 6.45) is 1.77. The Morgan fingerprint density at radius 2 is 1.67 bits per heavy atom. The number of H-pyrrole nitrogens is 1. The number of carbonyl (C=O) groups is 1. The van der Waals surface area contributed by atoms with E-state index in [0.29, 0.717) is 26.3 Å². The molecule has 0 saturated heterocycles. The molecule has 0 bridgehead atoms. The number of benzene rings is 3. The molecule has 30 heavy (non-hydrogen) atoms. The largest absolute Gasteiger partial charge is 0.360 e. The number of carbonyl (C=O) groups excluding carboxylic acids is 1. The standard InChI is InChI=1S/C24H16ClN3OS/c25-16-10-12-17(13-11-16)27-24-28-21(15-6-2-1-3-7-15)23(30-24)22(29)19-14-26-20-9-5-4-8-18(19)20/h1-14,26H,(H,27,28). The summed E-state index contributed by atoms with van der Waals surface area (Å²) in [5, 5.41) is 5.51. The molecule has 0 aliphatic rings. The first-order valence-corrected chi connectivity index (χ1v) is 10.6. The Kier molecular flexibility index (Phi) is 4.83. The Morgan fingerprint density at radius 3 is 2.47 bits per heavy atom. The van der Waals surface area contributed by atoms with E-state index in [1.165, 1.54) is 11.3 Å². The van der Waals surface area contributed by atoms with Gasteiger partial charge in [-0.25, -0.2) is 4.98 Å². The molecule has 6 heteroatoms. The Labute approximate surface area is 182 Å². The van der Waals surface area contributed by atoms with Gasteiger partial charge in [-0.1, -0.05) is 71.5 Å². The molecular formula is C24H16ClN3OS. The minimum Gasteiger partial charge on any atom is -0.360 e. The number of fused-ring (bicyclic) bond motifs is 1. The molecule has 0 aliphatic heterocycles. The van der Waals surface area contributed by atoms with Crippen LogP contribution in [-0.2, 0) is 0 Å². The third-order valence-corrected chi connectivity index (χ3v) is 6.03. The lowest BCUT2D eigenvalue weighted by Crippen LogP contribution is -2.00. The Hall–Kier alpha value is -3.41. The predicted molar refractivity (Wildman–Crippen MR) is 124 cm³/mol. The van der Waals surface area contributed by atoms with Crippen LogP contribution in [0.15, 0.2) is 85.1 Å². The number of halogens is 1. The van der Waals surface area contributed by atoms with Gasteiger partial charge in [0.05, 0.1) is 5.69 Å². The molecule has 0 saturated carbocycles. The Morgan fingerprint density at radius 1 is 0.933 bits per heavy atom. The molecule has 3 aromatic carbocycles. The summed E-state index contributed by atoms with van der Waals surface area (Å²) in [4.78, 5) is 22.1. The third-order valence-electron chi connectivity index (χ3n) is 4.81. The minimum absolute atomic E-state index is 0.0482. The summed E-state index contributed by atoms with van der Waals surface area (Å²) < 4.78 is 0. The third kappa shape index (κ3) is 3.49. The van der Waals surface area contributed by atoms with Gasteiger partial charge in [0.2, 0.25) is 5.78 Å². The van der Waals surface area contributed by atoms with Crippen LogP contribution in [0, 0.1) is 0 Å². The summed E-state index contributed by atoms with van der Waals surface area (Å²) in [6, 6.07) is 25.0. The highest BCUT2D eigenvalue weighted by atomic mass is 35.5. The number of nitrogens with zero attached hydrogens (tertiary/aromatic N) is 1. The zero-order valence-corrected chi connectivity index (χ0v) is 17.3. The summed E-state index contributed by atoms with van der Waals surface area (Å²) in [7, 11) is 0. The van der Waals surface area contributed by atoms with Gasteiger partial charge in [-0.05, 0) is 30.3 Å². The molecule has 4 nitrogen and oxygen atoms in total. The molecule has 0 spiro atoms. The van der Waals surface area contributed by atoms with Crippen molar-refractivity contribution in [2.75, 3.05) is 5.32 Å². The topological polar surface area (TPSA) is 57.8 Å². The predicted octanol–water partition coefficient (Wildman–Crippen LogP) is 6.92. The van der Waals surface area contributed by atoms with Crippen LogP contribution in [0.4, 0.5) is 10.8 Å². The Balaban J connectivity index is 1.59. The summed E-state index contributed by atoms with van der Waals surface area (Å²) in [5.41, 5.74) is 4.02. The lowest BCUT2D eigenvalue weighted by molar-refractivity contribution is 0.104. The number of nitrogens with one attached hydrogen (secondary N) is 2. The summed E-state index contributed by atoms with van der Waals surface area (Å²) in [6.45, 7) is 0. The average Bonchev–Trinajstić information content (AvgIpc) is 3.40. The van der Waals surface area contributed by atoms with Crippen LogP contribution in [-0.4, -0.2) is 15.8 Å². The SMILES string of the molecule is O=C(c1sc(Nc2ccc(Cl)cc2)nc1-c1ccccc1)c1c[nH]c2ccccc12.